The van der Waals surface area contributed by atoms with E-state index in [9.17, 15) is 9.90 Å². The number of carbonyl (C=O) groups is 1. The van der Waals surface area contributed by atoms with E-state index >= 15 is 0 Å². The van der Waals surface area contributed by atoms with Crippen LogP contribution >= 0.6 is 38.6 Å². The molecule has 1 N–H and O–H groups in total. The number of aromatic carboxylic acids is 1. The Balaban J connectivity index is 2.51. The number of carboxylic acids is 1. The van der Waals surface area contributed by atoms with Crippen LogP contribution in [0.5, 0.6) is 0 Å². The van der Waals surface area contributed by atoms with E-state index in [2.05, 4.69) is 27.8 Å². The second-order valence-electron chi connectivity index (χ2n) is 3.86. The van der Waals surface area contributed by atoms with Crippen molar-refractivity contribution < 1.29 is 9.90 Å². The fraction of sp³-hybridized carbons (Fsp3) is 0.333. The molecule has 0 spiro atoms. The first-order valence-electron chi connectivity index (χ1n) is 5.52. The summed E-state index contributed by atoms with van der Waals surface area (Å²) in [5.41, 5.74) is 0.178. The molecular weight excluding hydrogens is 334 g/mol. The summed E-state index contributed by atoms with van der Waals surface area (Å²) in [6, 6.07) is 1.97. The average Bonchev–Trinajstić information content (AvgIpc) is 2.85. The van der Waals surface area contributed by atoms with E-state index < -0.39 is 5.97 Å². The Bertz CT molecular complexity index is 569. The number of thiophene rings is 1. The molecule has 0 bridgehead atoms. The largest absolute Gasteiger partial charge is 0.476 e. The average molecular weight is 346 g/mol. The Kier molecular flexibility index (Phi) is 4.19. The summed E-state index contributed by atoms with van der Waals surface area (Å²) in [6.45, 7) is 4.07. The molecule has 0 amide bonds. The molecule has 0 atom stereocenters. The first kappa shape index (κ1) is 13.7. The van der Waals surface area contributed by atoms with Crippen molar-refractivity contribution in [3.63, 3.8) is 0 Å². The van der Waals surface area contributed by atoms with Gasteiger partial charge < -0.3 is 5.11 Å². The zero-order chi connectivity index (χ0) is 13.3. The van der Waals surface area contributed by atoms with E-state index in [1.165, 1.54) is 11.3 Å². The Hall–Kier alpha value is -0.720. The Morgan fingerprint density at radius 2 is 2.22 bits per heavy atom. The number of nitrogens with zero attached hydrogens (tertiary/aromatic N) is 1. The number of aryl methyl sites for hydroxylation is 2. The molecule has 2 rings (SSSR count). The van der Waals surface area contributed by atoms with Gasteiger partial charge in [0.25, 0.3) is 0 Å². The van der Waals surface area contributed by atoms with Crippen molar-refractivity contribution in [2.45, 2.75) is 26.7 Å². The zero-order valence-electron chi connectivity index (χ0n) is 9.99. The number of hydrogen-bond donors (Lipinski definition) is 1. The molecule has 0 aliphatic carbocycles. The van der Waals surface area contributed by atoms with Crippen LogP contribution in [-0.2, 0) is 6.42 Å². The molecule has 0 saturated heterocycles. The van der Waals surface area contributed by atoms with Crippen LogP contribution in [0.3, 0.4) is 0 Å². The summed E-state index contributed by atoms with van der Waals surface area (Å²) in [6.07, 6.45) is 1.80. The summed E-state index contributed by atoms with van der Waals surface area (Å²) >= 11 is 6.54. The Morgan fingerprint density at radius 1 is 1.50 bits per heavy atom. The smallest absolute Gasteiger partial charge is 0.356 e. The molecule has 2 aromatic heterocycles. The van der Waals surface area contributed by atoms with Crippen molar-refractivity contribution in [3.8, 4) is 9.75 Å². The van der Waals surface area contributed by atoms with Crippen LogP contribution in [0.15, 0.2) is 10.5 Å². The monoisotopic (exact) mass is 345 g/mol. The van der Waals surface area contributed by atoms with Crippen LogP contribution < -0.4 is 0 Å². The van der Waals surface area contributed by atoms with Gasteiger partial charge >= 0.3 is 5.97 Å². The van der Waals surface area contributed by atoms with Gasteiger partial charge in [0.2, 0.25) is 0 Å². The summed E-state index contributed by atoms with van der Waals surface area (Å²) in [4.78, 5) is 18.3. The lowest BCUT2D eigenvalue weighted by molar-refractivity contribution is 0.0692. The Morgan fingerprint density at radius 3 is 2.72 bits per heavy atom. The molecule has 0 aromatic carbocycles. The SMILES string of the molecule is CCCc1nc(C(=O)O)c(-c2cc(Br)c(C)s2)s1. The molecule has 6 heteroatoms. The topological polar surface area (TPSA) is 50.2 Å². The third-order valence-corrected chi connectivity index (χ3v) is 5.85. The van der Waals surface area contributed by atoms with E-state index in [0.29, 0.717) is 0 Å². The molecule has 0 radical (unpaired) electrons. The van der Waals surface area contributed by atoms with Crippen LogP contribution in [-0.4, -0.2) is 16.1 Å². The van der Waals surface area contributed by atoms with E-state index in [-0.39, 0.29) is 5.69 Å². The van der Waals surface area contributed by atoms with Gasteiger partial charge in [-0.2, -0.15) is 0 Å². The highest BCUT2D eigenvalue weighted by Crippen LogP contribution is 2.39. The molecule has 3 nitrogen and oxygen atoms in total. The lowest BCUT2D eigenvalue weighted by Crippen LogP contribution is -1.98. The zero-order valence-corrected chi connectivity index (χ0v) is 13.2. The molecule has 2 heterocycles. The maximum absolute atomic E-state index is 11.2. The van der Waals surface area contributed by atoms with Crippen LogP contribution in [0.4, 0.5) is 0 Å². The second kappa shape index (κ2) is 5.50. The number of aromatic nitrogens is 1. The van der Waals surface area contributed by atoms with Gasteiger partial charge in [0.05, 0.1) is 9.88 Å². The fourth-order valence-corrected chi connectivity index (χ4v) is 4.36. The summed E-state index contributed by atoms with van der Waals surface area (Å²) in [5.74, 6) is -0.953. The minimum atomic E-state index is -0.953. The molecule has 96 valence electrons. The predicted molar refractivity (Wildman–Crippen MR) is 78.8 cm³/mol. The molecule has 18 heavy (non-hydrogen) atoms. The van der Waals surface area contributed by atoms with Crippen molar-refractivity contribution >= 4 is 44.6 Å². The van der Waals surface area contributed by atoms with Gasteiger partial charge in [-0.15, -0.1) is 22.7 Å². The van der Waals surface area contributed by atoms with Crippen molar-refractivity contribution in [2.75, 3.05) is 0 Å². The van der Waals surface area contributed by atoms with Crippen molar-refractivity contribution in [1.29, 1.82) is 0 Å². The highest BCUT2D eigenvalue weighted by atomic mass is 79.9. The molecule has 0 fully saturated rings. The molecule has 0 unspecified atom stereocenters. The minimum Gasteiger partial charge on any atom is -0.476 e. The van der Waals surface area contributed by atoms with E-state index in [1.807, 2.05) is 13.0 Å². The van der Waals surface area contributed by atoms with Crippen molar-refractivity contribution in [3.05, 3.63) is 26.1 Å². The van der Waals surface area contributed by atoms with Crippen LogP contribution in [0.25, 0.3) is 9.75 Å². The van der Waals surface area contributed by atoms with Crippen LogP contribution in [0.1, 0.15) is 33.7 Å². The lowest BCUT2D eigenvalue weighted by atomic mass is 10.3. The first-order chi connectivity index (χ1) is 8.52. The van der Waals surface area contributed by atoms with Gasteiger partial charge in [0, 0.05) is 14.2 Å². The second-order valence-corrected chi connectivity index (χ2v) is 7.05. The van der Waals surface area contributed by atoms with Gasteiger partial charge in [-0.1, -0.05) is 6.92 Å². The van der Waals surface area contributed by atoms with E-state index in [0.717, 1.165) is 37.0 Å². The Labute approximate surface area is 122 Å². The highest BCUT2D eigenvalue weighted by Gasteiger charge is 2.20. The third-order valence-electron chi connectivity index (χ3n) is 2.42. The van der Waals surface area contributed by atoms with E-state index in [4.69, 9.17) is 0 Å². The summed E-state index contributed by atoms with van der Waals surface area (Å²) in [5, 5.41) is 10.1. The van der Waals surface area contributed by atoms with Gasteiger partial charge in [0.1, 0.15) is 0 Å². The minimum absolute atomic E-state index is 0.178. The number of carboxylic acid groups (broad SMARTS) is 1. The lowest BCUT2D eigenvalue weighted by Gasteiger charge is -1.92. The predicted octanol–water partition coefficient (Wildman–Crippen LogP) is 4.59. The highest BCUT2D eigenvalue weighted by molar-refractivity contribution is 9.10. The van der Waals surface area contributed by atoms with Crippen LogP contribution in [0.2, 0.25) is 0 Å². The molecule has 0 saturated carbocycles. The normalized spacial score (nSPS) is 10.8. The van der Waals surface area contributed by atoms with E-state index in [1.54, 1.807) is 11.3 Å². The quantitative estimate of drug-likeness (QED) is 0.881. The molecule has 0 aliphatic rings. The maximum Gasteiger partial charge on any atom is 0.356 e. The van der Waals surface area contributed by atoms with Crippen molar-refractivity contribution in [2.24, 2.45) is 0 Å². The number of thiazole rings is 1. The van der Waals surface area contributed by atoms with Crippen LogP contribution in [0, 0.1) is 6.92 Å². The van der Waals surface area contributed by atoms with Gasteiger partial charge in [-0.25, -0.2) is 9.78 Å². The van der Waals surface area contributed by atoms with Gasteiger partial charge in [-0.3, -0.25) is 0 Å². The maximum atomic E-state index is 11.2. The fourth-order valence-electron chi connectivity index (χ4n) is 1.57. The summed E-state index contributed by atoms with van der Waals surface area (Å²) < 4.78 is 1.02. The third kappa shape index (κ3) is 2.65. The van der Waals surface area contributed by atoms with Crippen molar-refractivity contribution in [1.82, 2.24) is 4.98 Å². The number of rotatable bonds is 4. The standard InChI is InChI=1S/C12H12BrNO2S2/c1-3-4-9-14-10(12(15)16)11(18-9)8-5-7(13)6(2)17-8/h5H,3-4H2,1-2H3,(H,15,16). The van der Waals surface area contributed by atoms with Gasteiger partial charge in [0.15, 0.2) is 5.69 Å². The van der Waals surface area contributed by atoms with Gasteiger partial charge in [-0.05, 0) is 41.8 Å². The molecule has 2 aromatic rings. The molecule has 0 aliphatic heterocycles. The number of halogens is 1. The number of hydrogen-bond acceptors (Lipinski definition) is 4. The summed E-state index contributed by atoms with van der Waals surface area (Å²) in [7, 11) is 0. The molecular formula is C12H12BrNO2S2. The first-order valence-corrected chi connectivity index (χ1v) is 7.94.